The molecule has 0 spiro atoms. The number of carbonyl (C=O) groups excluding carboxylic acids is 3. The fourth-order valence-electron chi connectivity index (χ4n) is 1.49. The highest BCUT2D eigenvalue weighted by atomic mass is 16.5. The lowest BCUT2D eigenvalue weighted by Gasteiger charge is -2.10. The van der Waals surface area contributed by atoms with Gasteiger partial charge in [0.05, 0.1) is 19.2 Å². The fraction of sp³-hybridized carbons (Fsp3) is 0.357. The van der Waals surface area contributed by atoms with Gasteiger partial charge in [-0.3, -0.25) is 4.79 Å². The number of anilines is 1. The molecule has 0 heterocycles. The molecular weight excluding hydrogens is 274 g/mol. The Hall–Kier alpha value is -2.57. The topological polar surface area (TPSA) is 96.5 Å². The summed E-state index contributed by atoms with van der Waals surface area (Å²) in [6.07, 6.45) is 0. The number of rotatable bonds is 5. The number of methoxy groups -OCH3 is 1. The van der Waals surface area contributed by atoms with Gasteiger partial charge in [0, 0.05) is 11.7 Å². The van der Waals surface area contributed by atoms with Crippen molar-refractivity contribution in [1.82, 2.24) is 10.6 Å². The smallest absolute Gasteiger partial charge is 0.337 e. The van der Waals surface area contributed by atoms with Crippen LogP contribution < -0.4 is 16.0 Å². The van der Waals surface area contributed by atoms with Crippen molar-refractivity contribution < 1.29 is 19.1 Å². The van der Waals surface area contributed by atoms with E-state index >= 15 is 0 Å². The number of nitrogens with one attached hydrogen (secondary N) is 3. The number of hydrogen-bond acceptors (Lipinski definition) is 4. The van der Waals surface area contributed by atoms with Crippen LogP contribution in [-0.4, -0.2) is 37.6 Å². The van der Waals surface area contributed by atoms with Gasteiger partial charge in [-0.1, -0.05) is 0 Å². The fourth-order valence-corrected chi connectivity index (χ4v) is 1.49. The van der Waals surface area contributed by atoms with Gasteiger partial charge in [-0.25, -0.2) is 9.59 Å². The minimum atomic E-state index is -0.445. The van der Waals surface area contributed by atoms with Gasteiger partial charge in [-0.2, -0.15) is 0 Å². The van der Waals surface area contributed by atoms with E-state index in [1.165, 1.54) is 7.11 Å². The third-order valence-corrected chi connectivity index (χ3v) is 2.42. The molecule has 0 radical (unpaired) electrons. The number of carbonyl (C=O) groups is 3. The van der Waals surface area contributed by atoms with Crippen LogP contribution in [0.15, 0.2) is 24.3 Å². The Morgan fingerprint density at radius 2 is 1.76 bits per heavy atom. The predicted octanol–water partition coefficient (Wildman–Crippen LogP) is 1.12. The van der Waals surface area contributed by atoms with Crippen LogP contribution >= 0.6 is 0 Å². The zero-order valence-electron chi connectivity index (χ0n) is 12.2. The molecule has 3 N–H and O–H groups in total. The van der Waals surface area contributed by atoms with E-state index < -0.39 is 12.0 Å². The van der Waals surface area contributed by atoms with E-state index in [1.807, 2.05) is 13.8 Å². The van der Waals surface area contributed by atoms with Gasteiger partial charge in [0.2, 0.25) is 5.91 Å². The van der Waals surface area contributed by atoms with Crippen molar-refractivity contribution in [2.75, 3.05) is 19.0 Å². The molecule has 7 heteroatoms. The quantitative estimate of drug-likeness (QED) is 0.709. The second-order valence-corrected chi connectivity index (χ2v) is 4.60. The van der Waals surface area contributed by atoms with E-state index in [2.05, 4.69) is 20.7 Å². The van der Waals surface area contributed by atoms with Gasteiger partial charge in [0.1, 0.15) is 0 Å². The van der Waals surface area contributed by atoms with Gasteiger partial charge < -0.3 is 20.7 Å². The molecule has 1 aromatic rings. The highest BCUT2D eigenvalue weighted by Crippen LogP contribution is 2.10. The van der Waals surface area contributed by atoms with E-state index in [1.54, 1.807) is 24.3 Å². The van der Waals surface area contributed by atoms with Gasteiger partial charge in [-0.05, 0) is 38.1 Å². The van der Waals surface area contributed by atoms with Crippen LogP contribution in [0.5, 0.6) is 0 Å². The van der Waals surface area contributed by atoms with Crippen molar-refractivity contribution in [2.24, 2.45) is 0 Å². The molecule has 21 heavy (non-hydrogen) atoms. The largest absolute Gasteiger partial charge is 0.465 e. The Morgan fingerprint density at radius 1 is 1.14 bits per heavy atom. The number of ether oxygens (including phenoxy) is 1. The summed E-state index contributed by atoms with van der Waals surface area (Å²) in [7, 11) is 1.30. The average Bonchev–Trinajstić information content (AvgIpc) is 2.44. The molecule has 1 aromatic carbocycles. The molecule has 1 rings (SSSR count). The minimum absolute atomic E-state index is 0.000993. The van der Waals surface area contributed by atoms with Crippen LogP contribution in [0.3, 0.4) is 0 Å². The number of amides is 3. The summed E-state index contributed by atoms with van der Waals surface area (Å²) in [5.74, 6) is -0.806. The normalized spacial score (nSPS) is 9.90. The van der Waals surface area contributed by atoms with Gasteiger partial charge >= 0.3 is 12.0 Å². The van der Waals surface area contributed by atoms with Crippen LogP contribution in [-0.2, 0) is 9.53 Å². The van der Waals surface area contributed by atoms with Crippen LogP contribution in [0.1, 0.15) is 24.2 Å². The van der Waals surface area contributed by atoms with E-state index in [4.69, 9.17) is 0 Å². The maximum atomic E-state index is 11.6. The predicted molar refractivity (Wildman–Crippen MR) is 78.1 cm³/mol. The minimum Gasteiger partial charge on any atom is -0.465 e. The summed E-state index contributed by atoms with van der Waals surface area (Å²) in [4.78, 5) is 34.2. The zero-order chi connectivity index (χ0) is 15.8. The summed E-state index contributed by atoms with van der Waals surface area (Å²) < 4.78 is 4.57. The number of hydrogen-bond donors (Lipinski definition) is 3. The molecule has 0 saturated heterocycles. The molecule has 7 nitrogen and oxygen atoms in total. The van der Waals surface area contributed by atoms with Gasteiger partial charge in [0.15, 0.2) is 0 Å². The molecule has 3 amide bonds. The molecule has 0 aromatic heterocycles. The zero-order valence-corrected chi connectivity index (χ0v) is 12.2. The molecule has 0 aliphatic rings. The lowest BCUT2D eigenvalue weighted by atomic mass is 10.2. The van der Waals surface area contributed by atoms with Crippen LogP contribution in [0, 0.1) is 0 Å². The van der Waals surface area contributed by atoms with Crippen molar-refractivity contribution in [3.8, 4) is 0 Å². The second kappa shape index (κ2) is 7.88. The van der Waals surface area contributed by atoms with Crippen molar-refractivity contribution >= 4 is 23.6 Å². The summed E-state index contributed by atoms with van der Waals surface area (Å²) >= 11 is 0. The SMILES string of the molecule is COC(=O)c1ccc(NC(=O)CNC(=O)NC(C)C)cc1. The first-order valence-electron chi connectivity index (χ1n) is 6.45. The van der Waals surface area contributed by atoms with Crippen LogP contribution in [0.4, 0.5) is 10.5 Å². The summed E-state index contributed by atoms with van der Waals surface area (Å²) in [6, 6.07) is 5.84. The molecule has 0 atom stereocenters. The summed E-state index contributed by atoms with van der Waals surface area (Å²) in [5.41, 5.74) is 0.920. The highest BCUT2D eigenvalue weighted by Gasteiger charge is 2.08. The van der Waals surface area contributed by atoms with E-state index in [0.29, 0.717) is 11.3 Å². The van der Waals surface area contributed by atoms with Crippen molar-refractivity contribution in [1.29, 1.82) is 0 Å². The molecular formula is C14H19N3O4. The van der Waals surface area contributed by atoms with Gasteiger partial charge in [-0.15, -0.1) is 0 Å². The Morgan fingerprint density at radius 3 is 2.29 bits per heavy atom. The average molecular weight is 293 g/mol. The first-order valence-corrected chi connectivity index (χ1v) is 6.45. The molecule has 0 fully saturated rings. The first-order chi connectivity index (χ1) is 9.92. The van der Waals surface area contributed by atoms with Crippen LogP contribution in [0.2, 0.25) is 0 Å². The Labute approximate surface area is 123 Å². The summed E-state index contributed by atoms with van der Waals surface area (Å²) in [5, 5.41) is 7.64. The monoisotopic (exact) mass is 293 g/mol. The summed E-state index contributed by atoms with van der Waals surface area (Å²) in [6.45, 7) is 3.50. The first kappa shape index (κ1) is 16.5. The molecule has 0 bridgehead atoms. The third-order valence-electron chi connectivity index (χ3n) is 2.42. The Balaban J connectivity index is 2.44. The number of urea groups is 1. The Bertz CT molecular complexity index is 511. The lowest BCUT2D eigenvalue weighted by Crippen LogP contribution is -2.42. The molecule has 0 aliphatic heterocycles. The van der Waals surface area contributed by atoms with Crippen LogP contribution in [0.25, 0.3) is 0 Å². The highest BCUT2D eigenvalue weighted by molar-refractivity contribution is 5.95. The molecule has 114 valence electrons. The lowest BCUT2D eigenvalue weighted by molar-refractivity contribution is -0.115. The third kappa shape index (κ3) is 5.94. The molecule has 0 saturated carbocycles. The maximum absolute atomic E-state index is 11.6. The molecule has 0 aliphatic carbocycles. The second-order valence-electron chi connectivity index (χ2n) is 4.60. The van der Waals surface area contributed by atoms with Crippen molar-refractivity contribution in [3.63, 3.8) is 0 Å². The standard InChI is InChI=1S/C14H19N3O4/c1-9(2)16-14(20)15-8-12(18)17-11-6-4-10(5-7-11)13(19)21-3/h4-7,9H,8H2,1-3H3,(H,17,18)(H2,15,16,20). The van der Waals surface area contributed by atoms with E-state index in [0.717, 1.165) is 0 Å². The number of esters is 1. The Kier molecular flexibility index (Phi) is 6.19. The van der Waals surface area contributed by atoms with E-state index in [9.17, 15) is 14.4 Å². The number of benzene rings is 1. The van der Waals surface area contributed by atoms with Crippen molar-refractivity contribution in [2.45, 2.75) is 19.9 Å². The van der Waals surface area contributed by atoms with Gasteiger partial charge in [0.25, 0.3) is 0 Å². The van der Waals surface area contributed by atoms with E-state index in [-0.39, 0.29) is 18.5 Å². The van der Waals surface area contributed by atoms with Crippen molar-refractivity contribution in [3.05, 3.63) is 29.8 Å². The maximum Gasteiger partial charge on any atom is 0.337 e. The molecule has 0 unspecified atom stereocenters.